The number of aliphatic carboxylic acids is 1. The molecule has 7 heteroatoms. The van der Waals surface area contributed by atoms with Crippen LogP contribution < -0.4 is 4.74 Å². The highest BCUT2D eigenvalue weighted by atomic mass is 32.2. The van der Waals surface area contributed by atoms with Gasteiger partial charge in [-0.2, -0.15) is 11.8 Å². The Morgan fingerprint density at radius 3 is 2.78 bits per heavy atom. The molecule has 36 heavy (non-hydrogen) atoms. The van der Waals surface area contributed by atoms with Crippen LogP contribution in [0.4, 0.5) is 0 Å². The predicted molar refractivity (Wildman–Crippen MR) is 147 cm³/mol. The van der Waals surface area contributed by atoms with Crippen LogP contribution in [0.1, 0.15) is 75.9 Å². The van der Waals surface area contributed by atoms with Gasteiger partial charge in [-0.3, -0.25) is 9.78 Å². The zero-order valence-corrected chi connectivity index (χ0v) is 22.4. The molecule has 0 amide bonds. The molecule has 0 spiro atoms. The molecule has 4 rings (SSSR count). The number of aromatic nitrogens is 1. The van der Waals surface area contributed by atoms with Gasteiger partial charge in [0.15, 0.2) is 0 Å². The van der Waals surface area contributed by atoms with Gasteiger partial charge in [-0.25, -0.2) is 0 Å². The van der Waals surface area contributed by atoms with Crippen molar-refractivity contribution in [2.24, 2.45) is 11.8 Å². The van der Waals surface area contributed by atoms with Crippen LogP contribution in [0, 0.1) is 11.8 Å². The third kappa shape index (κ3) is 7.59. The first kappa shape index (κ1) is 27.2. The minimum Gasteiger partial charge on any atom is -0.497 e. The zero-order valence-electron chi connectivity index (χ0n) is 21.6. The van der Waals surface area contributed by atoms with Crippen molar-refractivity contribution in [3.05, 3.63) is 36.0 Å². The number of hydrogen-bond acceptors (Lipinski definition) is 6. The number of carbonyl (C=O) groups is 1. The Labute approximate surface area is 219 Å². The summed E-state index contributed by atoms with van der Waals surface area (Å²) in [5, 5.41) is 22.2. The van der Waals surface area contributed by atoms with Crippen LogP contribution in [0.5, 0.6) is 5.75 Å². The number of aliphatic hydroxyl groups is 1. The van der Waals surface area contributed by atoms with Gasteiger partial charge in [-0.15, -0.1) is 0 Å². The van der Waals surface area contributed by atoms with Crippen molar-refractivity contribution in [3.63, 3.8) is 0 Å². The summed E-state index contributed by atoms with van der Waals surface area (Å²) in [6, 6.07) is 7.66. The molecule has 0 bridgehead atoms. The molecule has 1 unspecified atom stereocenters. The van der Waals surface area contributed by atoms with Gasteiger partial charge in [0.1, 0.15) is 5.75 Å². The number of thioether (sulfide) groups is 1. The average Bonchev–Trinajstić information content (AvgIpc) is 2.91. The Kier molecular flexibility index (Phi) is 10.3. The topological polar surface area (TPSA) is 82.9 Å². The molecular formula is C29H42N2O4S. The van der Waals surface area contributed by atoms with Crippen molar-refractivity contribution < 1.29 is 19.7 Å². The summed E-state index contributed by atoms with van der Waals surface area (Å²) in [4.78, 5) is 18.3. The number of methoxy groups -OCH3 is 1. The van der Waals surface area contributed by atoms with E-state index in [9.17, 15) is 15.0 Å². The molecule has 1 aromatic heterocycles. The highest BCUT2D eigenvalue weighted by Crippen LogP contribution is 2.35. The van der Waals surface area contributed by atoms with E-state index in [4.69, 9.17) is 4.74 Å². The second kappa shape index (κ2) is 13.6. The maximum atomic E-state index is 11.3. The van der Waals surface area contributed by atoms with Gasteiger partial charge in [0.2, 0.25) is 0 Å². The van der Waals surface area contributed by atoms with E-state index in [1.807, 2.05) is 24.3 Å². The molecule has 0 radical (unpaired) electrons. The van der Waals surface area contributed by atoms with Crippen molar-refractivity contribution in [1.82, 2.24) is 9.88 Å². The first-order valence-electron chi connectivity index (χ1n) is 13.7. The van der Waals surface area contributed by atoms with E-state index in [0.717, 1.165) is 66.4 Å². The third-order valence-electron chi connectivity index (χ3n) is 8.17. The van der Waals surface area contributed by atoms with Crippen molar-refractivity contribution in [2.75, 3.05) is 32.5 Å². The van der Waals surface area contributed by atoms with Crippen molar-refractivity contribution in [3.8, 4) is 5.75 Å². The normalized spacial score (nSPS) is 22.5. The molecule has 2 aliphatic rings. The number of benzene rings is 1. The minimum absolute atomic E-state index is 0.225. The maximum absolute atomic E-state index is 11.3. The first-order chi connectivity index (χ1) is 17.5. The highest BCUT2D eigenvalue weighted by Gasteiger charge is 2.30. The Balaban J connectivity index is 1.33. The summed E-state index contributed by atoms with van der Waals surface area (Å²) in [5.74, 6) is 2.04. The summed E-state index contributed by atoms with van der Waals surface area (Å²) < 4.78 is 5.38. The highest BCUT2D eigenvalue weighted by molar-refractivity contribution is 7.99. The first-order valence-corrected chi connectivity index (χ1v) is 14.7. The van der Waals surface area contributed by atoms with Crippen LogP contribution in [-0.4, -0.2) is 63.8 Å². The van der Waals surface area contributed by atoms with Gasteiger partial charge < -0.3 is 19.8 Å². The van der Waals surface area contributed by atoms with Crippen molar-refractivity contribution in [1.29, 1.82) is 0 Å². The largest absolute Gasteiger partial charge is 0.497 e. The average molecular weight is 515 g/mol. The molecule has 1 aliphatic carbocycles. The smallest absolute Gasteiger partial charge is 0.303 e. The van der Waals surface area contributed by atoms with Crippen molar-refractivity contribution >= 4 is 28.6 Å². The molecule has 2 aromatic rings. The number of ether oxygens (including phenoxy) is 1. The number of fused-ring (bicyclic) bond motifs is 1. The van der Waals surface area contributed by atoms with E-state index in [2.05, 4.69) is 21.6 Å². The number of hydrogen-bond donors (Lipinski definition) is 2. The van der Waals surface area contributed by atoms with Gasteiger partial charge in [0, 0.05) is 42.1 Å². The molecule has 2 heterocycles. The summed E-state index contributed by atoms with van der Waals surface area (Å²) in [5.41, 5.74) is 1.74. The molecule has 1 aliphatic heterocycles. The van der Waals surface area contributed by atoms with Crippen LogP contribution >= 0.6 is 11.8 Å². The lowest BCUT2D eigenvalue weighted by Gasteiger charge is -2.39. The second-order valence-corrected chi connectivity index (χ2v) is 12.0. The lowest BCUT2D eigenvalue weighted by molar-refractivity contribution is -0.137. The molecule has 1 saturated heterocycles. The van der Waals surface area contributed by atoms with Gasteiger partial charge in [-0.05, 0) is 86.7 Å². The monoisotopic (exact) mass is 514 g/mol. The quantitative estimate of drug-likeness (QED) is 0.363. The predicted octanol–water partition coefficient (Wildman–Crippen LogP) is 5.93. The Bertz CT molecular complexity index is 981. The number of pyridine rings is 1. The van der Waals surface area contributed by atoms with Crippen LogP contribution in [0.15, 0.2) is 30.5 Å². The maximum Gasteiger partial charge on any atom is 0.303 e. The lowest BCUT2D eigenvalue weighted by Crippen LogP contribution is -2.42. The number of aliphatic hydroxyl groups excluding tert-OH is 1. The fourth-order valence-corrected chi connectivity index (χ4v) is 7.41. The molecule has 198 valence electrons. The van der Waals surface area contributed by atoms with E-state index in [1.54, 1.807) is 13.3 Å². The summed E-state index contributed by atoms with van der Waals surface area (Å²) in [7, 11) is 1.64. The van der Waals surface area contributed by atoms with E-state index in [-0.39, 0.29) is 6.42 Å². The minimum atomic E-state index is -0.712. The van der Waals surface area contributed by atoms with E-state index < -0.39 is 12.1 Å². The van der Waals surface area contributed by atoms with Gasteiger partial charge in [0.25, 0.3) is 0 Å². The van der Waals surface area contributed by atoms with E-state index in [1.165, 1.54) is 37.9 Å². The number of carboxylic acids is 1. The molecule has 6 nitrogen and oxygen atoms in total. The molecule has 1 aromatic carbocycles. The third-order valence-corrected chi connectivity index (χ3v) is 9.53. The fraction of sp³-hybridized carbons (Fsp3) is 0.655. The number of likely N-dealkylation sites (tertiary alicyclic amines) is 1. The molecule has 2 fully saturated rings. The molecule has 2 N–H and O–H groups in total. The Morgan fingerprint density at radius 1 is 1.17 bits per heavy atom. The van der Waals surface area contributed by atoms with Crippen LogP contribution in [0.2, 0.25) is 0 Å². The van der Waals surface area contributed by atoms with Crippen LogP contribution in [0.25, 0.3) is 10.9 Å². The molecular weight excluding hydrogens is 472 g/mol. The van der Waals surface area contributed by atoms with Gasteiger partial charge in [-0.1, -0.05) is 19.3 Å². The molecule has 3 atom stereocenters. The van der Waals surface area contributed by atoms with Crippen LogP contribution in [-0.2, 0) is 4.79 Å². The fourth-order valence-electron chi connectivity index (χ4n) is 6.05. The number of rotatable bonds is 12. The SMILES string of the molecule is COc1ccc2nccc(C(O)CC[C@@H]3CCN(CCSC4CCCCC4)C[C@@H]3CCC(=O)O)c2c1. The van der Waals surface area contributed by atoms with Gasteiger partial charge >= 0.3 is 5.97 Å². The zero-order chi connectivity index (χ0) is 25.3. The second-order valence-electron chi connectivity index (χ2n) is 10.5. The van der Waals surface area contributed by atoms with Crippen LogP contribution in [0.3, 0.4) is 0 Å². The van der Waals surface area contributed by atoms with Crippen molar-refractivity contribution in [2.45, 2.75) is 75.6 Å². The van der Waals surface area contributed by atoms with Gasteiger partial charge in [0.05, 0.1) is 18.7 Å². The summed E-state index contributed by atoms with van der Waals surface area (Å²) in [6.07, 6.45) is 11.7. The summed E-state index contributed by atoms with van der Waals surface area (Å²) in [6.45, 7) is 3.16. The number of piperidine rings is 1. The molecule has 1 saturated carbocycles. The van der Waals surface area contributed by atoms with E-state index in [0.29, 0.717) is 18.3 Å². The lowest BCUT2D eigenvalue weighted by atomic mass is 9.79. The number of nitrogens with zero attached hydrogens (tertiary/aromatic N) is 2. The number of carboxylic acid groups (broad SMARTS) is 1. The Morgan fingerprint density at radius 2 is 2.00 bits per heavy atom. The standard InChI is InChI=1S/C29H42N2O4S/c1-35-23-9-10-27-26(19-23)25(13-15-30-27)28(32)11-7-21-14-16-31(20-22(21)8-12-29(33)34)17-18-36-24-5-3-2-4-6-24/h9-10,13,15,19,21-22,24,28,32H,2-8,11-12,14,16-18,20H2,1H3,(H,33,34)/t21-,22+,28?/m1/s1. The Hall–Kier alpha value is -1.83. The van der Waals surface area contributed by atoms with E-state index >= 15 is 0 Å². The summed E-state index contributed by atoms with van der Waals surface area (Å²) >= 11 is 2.14.